The Morgan fingerprint density at radius 3 is 1.94 bits per heavy atom. The molecule has 2 atom stereocenters. The maximum absolute atomic E-state index is 9.38. The van der Waals surface area contributed by atoms with Crippen LogP contribution in [0, 0.1) is 0 Å². The summed E-state index contributed by atoms with van der Waals surface area (Å²) in [6.45, 7) is -0.434. The number of carboxylic acid groups (broad SMARTS) is 2. The van der Waals surface area contributed by atoms with Crippen LogP contribution >= 0.6 is 0 Å². The molecule has 1 aromatic carbocycles. The summed E-state index contributed by atoms with van der Waals surface area (Å²) in [5.41, 5.74) is 0.610. The first kappa shape index (κ1) is 14.4. The van der Waals surface area contributed by atoms with Gasteiger partial charge in [-0.1, -0.05) is 30.3 Å². The predicted molar refractivity (Wildman–Crippen MR) is 55.1 cm³/mol. The van der Waals surface area contributed by atoms with Crippen LogP contribution in [0.2, 0.25) is 0 Å². The maximum atomic E-state index is 9.38. The monoisotopic (exact) mass is 230 g/mol. The molecule has 90 valence electrons. The van der Waals surface area contributed by atoms with Crippen molar-refractivity contribution in [3.63, 3.8) is 0 Å². The Labute approximate surface area is 92.0 Å². The highest BCUT2D eigenvalue weighted by Gasteiger charge is 2.16. The maximum Gasteiger partial charge on any atom is 0.503 e. The Kier molecular flexibility index (Phi) is 6.86. The van der Waals surface area contributed by atoms with E-state index in [1.165, 1.54) is 0 Å². The lowest BCUT2D eigenvalue weighted by atomic mass is 10.1. The van der Waals surface area contributed by atoms with E-state index in [2.05, 4.69) is 0 Å². The lowest BCUT2D eigenvalue weighted by Gasteiger charge is -2.15. The first-order valence-corrected chi connectivity index (χ1v) is 4.42. The summed E-state index contributed by atoms with van der Waals surface area (Å²) in [5.74, 6) is 0. The van der Waals surface area contributed by atoms with Gasteiger partial charge in [0.25, 0.3) is 0 Å². The zero-order chi connectivity index (χ0) is 12.6. The van der Waals surface area contributed by atoms with Crippen LogP contribution < -0.4 is 0 Å². The molecule has 6 nitrogen and oxygen atoms in total. The molecule has 0 fully saturated rings. The molecule has 0 bridgehead atoms. The van der Waals surface area contributed by atoms with Crippen LogP contribution in [0.25, 0.3) is 0 Å². The number of aliphatic hydroxyl groups is 3. The first-order valence-electron chi connectivity index (χ1n) is 4.42. The van der Waals surface area contributed by atoms with Crippen LogP contribution in [0.3, 0.4) is 0 Å². The van der Waals surface area contributed by atoms with Crippen molar-refractivity contribution in [2.24, 2.45) is 0 Å². The quantitative estimate of drug-likeness (QED) is 0.509. The number of carbonyl (C=O) groups is 1. The van der Waals surface area contributed by atoms with E-state index in [0.717, 1.165) is 0 Å². The summed E-state index contributed by atoms with van der Waals surface area (Å²) in [6, 6.07) is 8.75. The zero-order valence-electron chi connectivity index (χ0n) is 8.39. The molecular weight excluding hydrogens is 216 g/mol. The Hall–Kier alpha value is -1.63. The molecule has 0 heterocycles. The second kappa shape index (κ2) is 7.63. The number of hydrogen-bond donors (Lipinski definition) is 5. The number of benzene rings is 1. The summed E-state index contributed by atoms with van der Waals surface area (Å²) in [7, 11) is 0. The van der Waals surface area contributed by atoms with Gasteiger partial charge in [-0.15, -0.1) is 0 Å². The molecule has 0 saturated carbocycles. The van der Waals surface area contributed by atoms with E-state index in [1.54, 1.807) is 24.3 Å². The van der Waals surface area contributed by atoms with Crippen molar-refractivity contribution in [3.05, 3.63) is 35.9 Å². The highest BCUT2D eigenvalue weighted by Crippen LogP contribution is 2.15. The lowest BCUT2D eigenvalue weighted by Crippen LogP contribution is -2.21. The van der Waals surface area contributed by atoms with Crippen LogP contribution in [-0.4, -0.2) is 44.4 Å². The number of rotatable bonds is 3. The fraction of sp³-hybridized carbons (Fsp3) is 0.300. The molecule has 0 saturated heterocycles. The zero-order valence-corrected chi connectivity index (χ0v) is 8.39. The molecule has 16 heavy (non-hydrogen) atoms. The van der Waals surface area contributed by atoms with E-state index in [4.69, 9.17) is 25.2 Å². The Morgan fingerprint density at radius 2 is 1.56 bits per heavy atom. The van der Waals surface area contributed by atoms with Gasteiger partial charge in [0.05, 0.1) is 6.61 Å². The fourth-order valence-corrected chi connectivity index (χ4v) is 0.972. The summed E-state index contributed by atoms with van der Waals surface area (Å²) in [6.07, 6.45) is -3.94. The van der Waals surface area contributed by atoms with Crippen molar-refractivity contribution >= 4 is 6.16 Å². The number of hydrogen-bond acceptors (Lipinski definition) is 4. The van der Waals surface area contributed by atoms with Crippen molar-refractivity contribution < 1.29 is 30.3 Å². The fourth-order valence-electron chi connectivity index (χ4n) is 0.972. The van der Waals surface area contributed by atoms with Crippen LogP contribution in [0.4, 0.5) is 4.79 Å². The van der Waals surface area contributed by atoms with Gasteiger partial charge >= 0.3 is 6.16 Å². The van der Waals surface area contributed by atoms with Gasteiger partial charge in [-0.2, -0.15) is 0 Å². The summed E-state index contributed by atoms with van der Waals surface area (Å²) in [5, 5.41) is 41.0. The minimum absolute atomic E-state index is 0.434. The van der Waals surface area contributed by atoms with Gasteiger partial charge in [0, 0.05) is 0 Å². The second-order valence-corrected chi connectivity index (χ2v) is 2.89. The minimum Gasteiger partial charge on any atom is -0.450 e. The van der Waals surface area contributed by atoms with E-state index in [9.17, 15) is 5.11 Å². The largest absolute Gasteiger partial charge is 0.503 e. The molecule has 0 aromatic heterocycles. The third-order valence-corrected chi connectivity index (χ3v) is 1.69. The predicted octanol–water partition coefficient (Wildman–Crippen LogP) is 0.296. The average molecular weight is 230 g/mol. The third kappa shape index (κ3) is 5.97. The van der Waals surface area contributed by atoms with Crippen molar-refractivity contribution in [3.8, 4) is 0 Å². The molecule has 2 unspecified atom stereocenters. The summed E-state index contributed by atoms with van der Waals surface area (Å²) in [4.78, 5) is 8.56. The third-order valence-electron chi connectivity index (χ3n) is 1.69. The topological polar surface area (TPSA) is 118 Å². The van der Waals surface area contributed by atoms with Gasteiger partial charge in [-0.05, 0) is 5.56 Å². The summed E-state index contributed by atoms with van der Waals surface area (Å²) >= 11 is 0. The summed E-state index contributed by atoms with van der Waals surface area (Å²) < 4.78 is 0. The van der Waals surface area contributed by atoms with Crippen molar-refractivity contribution in [1.29, 1.82) is 0 Å². The highest BCUT2D eigenvalue weighted by atomic mass is 16.6. The first-order chi connectivity index (χ1) is 7.49. The number of aliphatic hydroxyl groups excluding tert-OH is 3. The molecule has 0 aliphatic carbocycles. The van der Waals surface area contributed by atoms with E-state index in [0.29, 0.717) is 5.56 Å². The van der Waals surface area contributed by atoms with Crippen molar-refractivity contribution in [1.82, 2.24) is 0 Å². The van der Waals surface area contributed by atoms with Gasteiger partial charge in [0.15, 0.2) is 0 Å². The standard InChI is InChI=1S/C9H12O3.CH2O3/c10-6-8(11)9(12)7-4-2-1-3-5-7;2-1(3)4/h1-5,8-12H,6H2;(H2,2,3,4). The van der Waals surface area contributed by atoms with Crippen LogP contribution in [-0.2, 0) is 0 Å². The van der Waals surface area contributed by atoms with E-state index in [-0.39, 0.29) is 0 Å². The van der Waals surface area contributed by atoms with Gasteiger partial charge in [-0.3, -0.25) is 0 Å². The normalized spacial score (nSPS) is 13.2. The molecule has 0 spiro atoms. The van der Waals surface area contributed by atoms with Gasteiger partial charge in [-0.25, -0.2) is 4.79 Å². The minimum atomic E-state index is -1.83. The smallest absolute Gasteiger partial charge is 0.450 e. The Bertz CT molecular complexity index is 295. The lowest BCUT2D eigenvalue weighted by molar-refractivity contribution is -0.0152. The molecular formula is C10H14O6. The molecule has 0 aliphatic heterocycles. The van der Waals surface area contributed by atoms with Crippen LogP contribution in [0.1, 0.15) is 11.7 Å². The van der Waals surface area contributed by atoms with Gasteiger partial charge in [0.2, 0.25) is 0 Å². The second-order valence-electron chi connectivity index (χ2n) is 2.89. The molecule has 5 N–H and O–H groups in total. The van der Waals surface area contributed by atoms with Crippen molar-refractivity contribution in [2.75, 3.05) is 6.61 Å². The Balaban J connectivity index is 0.000000487. The van der Waals surface area contributed by atoms with Crippen LogP contribution in [0.15, 0.2) is 30.3 Å². The molecule has 0 radical (unpaired) electrons. The average Bonchev–Trinajstić information content (AvgIpc) is 2.27. The van der Waals surface area contributed by atoms with Crippen LogP contribution in [0.5, 0.6) is 0 Å². The van der Waals surface area contributed by atoms with Crippen molar-refractivity contribution in [2.45, 2.75) is 12.2 Å². The molecule has 6 heteroatoms. The molecule has 0 amide bonds. The molecule has 1 aromatic rings. The van der Waals surface area contributed by atoms with E-state index >= 15 is 0 Å². The molecule has 0 aliphatic rings. The SMILES string of the molecule is O=C(O)O.OCC(O)C(O)c1ccccc1. The van der Waals surface area contributed by atoms with Gasteiger partial charge in [0.1, 0.15) is 12.2 Å². The molecule has 1 rings (SSSR count). The van der Waals surface area contributed by atoms with E-state index < -0.39 is 25.0 Å². The highest BCUT2D eigenvalue weighted by molar-refractivity contribution is 5.53. The van der Waals surface area contributed by atoms with Gasteiger partial charge < -0.3 is 25.5 Å². The van der Waals surface area contributed by atoms with E-state index in [1.807, 2.05) is 6.07 Å². The Morgan fingerprint density at radius 1 is 1.12 bits per heavy atom.